The first kappa shape index (κ1) is 14.7. The quantitative estimate of drug-likeness (QED) is 0.741. The maximum atomic E-state index is 12.0. The second kappa shape index (κ2) is 6.15. The maximum Gasteiger partial charge on any atom is 0.295 e. The number of nitrogens with zero attached hydrogens (tertiary/aromatic N) is 2. The van der Waals surface area contributed by atoms with E-state index in [1.807, 2.05) is 19.1 Å². The predicted octanol–water partition coefficient (Wildman–Crippen LogP) is 3.91. The molecule has 0 saturated heterocycles. The summed E-state index contributed by atoms with van der Waals surface area (Å²) in [6.45, 7) is 1.93. The van der Waals surface area contributed by atoms with Crippen LogP contribution in [0.1, 0.15) is 23.4 Å². The maximum absolute atomic E-state index is 12.0. The van der Waals surface area contributed by atoms with Crippen molar-refractivity contribution >= 4 is 59.4 Å². The number of amides is 1. The van der Waals surface area contributed by atoms with Crippen molar-refractivity contribution in [3.8, 4) is 0 Å². The first-order valence-electron chi connectivity index (χ1n) is 5.38. The molecule has 19 heavy (non-hydrogen) atoms. The van der Waals surface area contributed by atoms with E-state index in [0.29, 0.717) is 17.9 Å². The van der Waals surface area contributed by atoms with E-state index in [-0.39, 0.29) is 11.7 Å². The van der Waals surface area contributed by atoms with Crippen molar-refractivity contribution in [3.63, 3.8) is 0 Å². The molecule has 0 fully saturated rings. The number of aryl methyl sites for hydroxylation is 1. The lowest BCUT2D eigenvalue weighted by Gasteiger charge is -2.08. The number of hydrogen-bond acceptors (Lipinski definition) is 3. The normalized spacial score (nSPS) is 10.5. The summed E-state index contributed by atoms with van der Waals surface area (Å²) in [4.78, 5) is 16.1. The van der Waals surface area contributed by atoms with Crippen LogP contribution in [0.2, 0.25) is 0 Å². The van der Waals surface area contributed by atoms with E-state index in [1.165, 1.54) is 0 Å². The van der Waals surface area contributed by atoms with Gasteiger partial charge in [0.25, 0.3) is 5.91 Å². The lowest BCUT2D eigenvalue weighted by molar-refractivity contribution is 0.101. The van der Waals surface area contributed by atoms with Crippen LogP contribution in [0.4, 0.5) is 5.69 Å². The van der Waals surface area contributed by atoms with Crippen LogP contribution in [0.5, 0.6) is 0 Å². The zero-order valence-electron chi connectivity index (χ0n) is 9.80. The molecule has 0 bridgehead atoms. The van der Waals surface area contributed by atoms with Gasteiger partial charge in [0.15, 0.2) is 0 Å². The topological polar surface area (TPSA) is 70.7 Å². The minimum absolute atomic E-state index is 0.124. The number of nitrogens with one attached hydrogen (secondary N) is 2. The molecule has 1 amide bonds. The minimum Gasteiger partial charge on any atom is -0.317 e. The Hall–Kier alpha value is -0.730. The lowest BCUT2D eigenvalue weighted by atomic mass is 10.3. The summed E-state index contributed by atoms with van der Waals surface area (Å²) in [6.07, 6.45) is 0.700. The summed E-state index contributed by atoms with van der Waals surface area (Å²) in [5.74, 6) is 0.442. The van der Waals surface area contributed by atoms with Crippen molar-refractivity contribution in [2.45, 2.75) is 13.3 Å². The molecule has 0 aliphatic rings. The highest BCUT2D eigenvalue weighted by molar-refractivity contribution is 9.11. The number of hydrogen-bond donors (Lipinski definition) is 2. The fourth-order valence-corrected chi connectivity index (χ4v) is 3.84. The monoisotopic (exact) mass is 450 g/mol. The van der Waals surface area contributed by atoms with Gasteiger partial charge in [-0.25, -0.2) is 4.98 Å². The van der Waals surface area contributed by atoms with Gasteiger partial charge >= 0.3 is 0 Å². The van der Waals surface area contributed by atoms with E-state index in [9.17, 15) is 4.79 Å². The zero-order valence-corrected chi connectivity index (χ0v) is 14.6. The van der Waals surface area contributed by atoms with Crippen LogP contribution in [0.15, 0.2) is 25.6 Å². The number of halogens is 3. The van der Waals surface area contributed by atoms with Crippen LogP contribution >= 0.6 is 47.8 Å². The Kier molecular flexibility index (Phi) is 4.75. The number of rotatable bonds is 3. The number of carbonyl (C=O) groups is 1. The van der Waals surface area contributed by atoms with E-state index < -0.39 is 0 Å². The van der Waals surface area contributed by atoms with Crippen molar-refractivity contribution in [1.82, 2.24) is 15.2 Å². The Morgan fingerprint density at radius 3 is 2.47 bits per heavy atom. The first-order valence-corrected chi connectivity index (χ1v) is 7.76. The van der Waals surface area contributed by atoms with Crippen LogP contribution in [-0.4, -0.2) is 21.1 Å². The Labute approximate surface area is 135 Å². The van der Waals surface area contributed by atoms with Gasteiger partial charge in [-0.05, 0) is 44.0 Å². The van der Waals surface area contributed by atoms with Crippen LogP contribution in [0.3, 0.4) is 0 Å². The van der Waals surface area contributed by atoms with E-state index >= 15 is 0 Å². The van der Waals surface area contributed by atoms with Gasteiger partial charge in [0.05, 0.1) is 5.69 Å². The van der Waals surface area contributed by atoms with Gasteiger partial charge in [-0.2, -0.15) is 0 Å². The number of H-pyrrole nitrogens is 1. The number of aromatic nitrogens is 3. The molecule has 0 aliphatic heterocycles. The molecule has 0 aliphatic carbocycles. The van der Waals surface area contributed by atoms with Gasteiger partial charge in [0, 0.05) is 19.8 Å². The van der Waals surface area contributed by atoms with Crippen LogP contribution in [0.25, 0.3) is 0 Å². The summed E-state index contributed by atoms with van der Waals surface area (Å²) in [7, 11) is 0. The highest BCUT2D eigenvalue weighted by Crippen LogP contribution is 2.34. The van der Waals surface area contributed by atoms with E-state index in [4.69, 9.17) is 0 Å². The molecule has 8 heteroatoms. The molecule has 0 atom stereocenters. The van der Waals surface area contributed by atoms with Crippen molar-refractivity contribution in [1.29, 1.82) is 0 Å². The van der Waals surface area contributed by atoms with Crippen molar-refractivity contribution in [2.24, 2.45) is 0 Å². The summed E-state index contributed by atoms with van der Waals surface area (Å²) < 4.78 is 2.41. The average molecular weight is 453 g/mol. The number of carbonyl (C=O) groups excluding carboxylic acids is 1. The molecule has 0 radical (unpaired) electrons. The highest BCUT2D eigenvalue weighted by atomic mass is 79.9. The van der Waals surface area contributed by atoms with E-state index in [2.05, 4.69) is 68.3 Å². The second-order valence-corrected chi connectivity index (χ2v) is 6.28. The number of anilines is 1. The highest BCUT2D eigenvalue weighted by Gasteiger charge is 2.15. The van der Waals surface area contributed by atoms with Crippen LogP contribution in [-0.2, 0) is 6.42 Å². The second-order valence-electron chi connectivity index (χ2n) is 3.66. The van der Waals surface area contributed by atoms with Gasteiger partial charge in [-0.3, -0.25) is 9.89 Å². The van der Waals surface area contributed by atoms with Crippen molar-refractivity contribution < 1.29 is 4.79 Å². The van der Waals surface area contributed by atoms with Gasteiger partial charge in [0.1, 0.15) is 5.82 Å². The molecule has 1 aromatic carbocycles. The lowest BCUT2D eigenvalue weighted by Crippen LogP contribution is -2.14. The third kappa shape index (κ3) is 3.43. The van der Waals surface area contributed by atoms with Crippen LogP contribution < -0.4 is 5.32 Å². The molecular formula is C11H9Br3N4O. The predicted molar refractivity (Wildman–Crippen MR) is 83.3 cm³/mol. The minimum atomic E-state index is -0.361. The Balaban J connectivity index is 2.24. The largest absolute Gasteiger partial charge is 0.317 e. The molecule has 2 N–H and O–H groups in total. The molecule has 0 saturated carbocycles. The van der Waals surface area contributed by atoms with Gasteiger partial charge in [0.2, 0.25) is 5.82 Å². The number of benzene rings is 1. The summed E-state index contributed by atoms with van der Waals surface area (Å²) in [6, 6.07) is 3.69. The number of aromatic amines is 1. The molecule has 0 spiro atoms. The standard InChI is InChI=1S/C11H9Br3N4O/c1-2-8-15-10(18-17-8)11(19)16-9-6(13)3-5(12)4-7(9)14/h3-4H,2H2,1H3,(H,16,19)(H,15,17,18). The molecule has 100 valence electrons. The molecule has 5 nitrogen and oxygen atoms in total. The Bertz CT molecular complexity index is 603. The Morgan fingerprint density at radius 1 is 1.32 bits per heavy atom. The van der Waals surface area contributed by atoms with Crippen LogP contribution in [0, 0.1) is 0 Å². The molecule has 0 unspecified atom stereocenters. The first-order chi connectivity index (χ1) is 9.01. The summed E-state index contributed by atoms with van der Waals surface area (Å²) in [5, 5.41) is 9.34. The zero-order chi connectivity index (χ0) is 14.0. The smallest absolute Gasteiger partial charge is 0.295 e. The fraction of sp³-hybridized carbons (Fsp3) is 0.182. The summed E-state index contributed by atoms with van der Waals surface area (Å²) >= 11 is 10.2. The average Bonchev–Trinajstić information content (AvgIpc) is 2.82. The molecule has 2 rings (SSSR count). The summed E-state index contributed by atoms with van der Waals surface area (Å²) in [5.41, 5.74) is 0.635. The van der Waals surface area contributed by atoms with Gasteiger partial charge < -0.3 is 5.32 Å². The van der Waals surface area contributed by atoms with Gasteiger partial charge in [-0.1, -0.05) is 22.9 Å². The molecule has 2 aromatic rings. The fourth-order valence-electron chi connectivity index (χ4n) is 1.39. The molecular weight excluding hydrogens is 444 g/mol. The van der Waals surface area contributed by atoms with Crippen molar-refractivity contribution in [2.75, 3.05) is 5.32 Å². The van der Waals surface area contributed by atoms with Gasteiger partial charge in [-0.15, -0.1) is 5.10 Å². The van der Waals surface area contributed by atoms with Crippen molar-refractivity contribution in [3.05, 3.63) is 37.2 Å². The van der Waals surface area contributed by atoms with E-state index in [1.54, 1.807) is 0 Å². The molecule has 1 heterocycles. The third-order valence-electron chi connectivity index (χ3n) is 2.32. The SMILES string of the molecule is CCc1nc(C(=O)Nc2c(Br)cc(Br)cc2Br)n[nH]1. The Morgan fingerprint density at radius 2 is 1.95 bits per heavy atom. The van der Waals surface area contributed by atoms with E-state index in [0.717, 1.165) is 13.4 Å². The molecule has 1 aromatic heterocycles. The third-order valence-corrected chi connectivity index (χ3v) is 4.02.